The zero-order chi connectivity index (χ0) is 46.3. The van der Waals surface area contributed by atoms with E-state index in [4.69, 9.17) is 0 Å². The molecule has 358 valence electrons. The van der Waals surface area contributed by atoms with E-state index in [0.29, 0.717) is 19.3 Å². The Bertz CT molecular complexity index is 1280. The molecule has 6 nitrogen and oxygen atoms in total. The maximum Gasteiger partial charge on any atom is 0.184 e. The summed E-state index contributed by atoms with van der Waals surface area (Å²) < 4.78 is 0. The number of carbonyl (C=O) groups excluding carboxylic acids is 3. The van der Waals surface area contributed by atoms with Crippen LogP contribution in [0.5, 0.6) is 0 Å². The summed E-state index contributed by atoms with van der Waals surface area (Å²) in [6.07, 6.45) is 58.4. The van der Waals surface area contributed by atoms with Gasteiger partial charge in [0.15, 0.2) is 17.3 Å². The van der Waals surface area contributed by atoms with Gasteiger partial charge in [0.1, 0.15) is 17.6 Å². The Morgan fingerprint density at radius 3 is 1.10 bits per heavy atom. The number of unbranched alkanes of at least 4 members (excludes halogenated alkanes) is 17. The lowest BCUT2D eigenvalue weighted by Crippen LogP contribution is -2.54. The SMILES string of the molecule is CC/C=C\C/C=C\C/C=C\CCCCCCCC(=O)C(CCCCCC/C=C\C/C=C\CCCCC)(C(=O)CCCCCCC/C=C\C/C=C\C/C=C\CC)C(=O)C(O)C(O)CO. The Hall–Kier alpha value is -3.19. The van der Waals surface area contributed by atoms with Gasteiger partial charge >= 0.3 is 0 Å². The summed E-state index contributed by atoms with van der Waals surface area (Å²) in [4.78, 5) is 42.7. The first-order valence-corrected chi connectivity index (χ1v) is 25.6. The number of Topliss-reactive ketones (excluding diaryl/α,β-unsaturated/α-hetero) is 3. The Kier molecular flexibility index (Phi) is 43.1. The fourth-order valence-corrected chi connectivity index (χ4v) is 7.62. The highest BCUT2D eigenvalue weighted by Crippen LogP contribution is 2.35. The molecule has 0 aliphatic carbocycles. The average molecular weight is 875 g/mol. The van der Waals surface area contributed by atoms with Crippen molar-refractivity contribution in [1.29, 1.82) is 0 Å². The number of rotatable bonds is 45. The summed E-state index contributed by atoms with van der Waals surface area (Å²) in [6.45, 7) is 5.66. The highest BCUT2D eigenvalue weighted by atomic mass is 16.4. The first-order chi connectivity index (χ1) is 30.8. The molecule has 0 radical (unpaired) electrons. The number of allylic oxidation sites excluding steroid dienone is 16. The molecule has 0 aromatic carbocycles. The van der Waals surface area contributed by atoms with Crippen LogP contribution >= 0.6 is 0 Å². The fraction of sp³-hybridized carbons (Fsp3) is 0.667. The van der Waals surface area contributed by atoms with Crippen LogP contribution < -0.4 is 0 Å². The van der Waals surface area contributed by atoms with Crippen LogP contribution in [0.4, 0.5) is 0 Å². The standard InChI is InChI=1S/C57H94O6/c1-4-7-10-13-16-19-22-25-28-30-33-36-39-42-45-48-53(60)57(56(63)55(62)52(59)51-58,50-47-44-41-38-35-32-27-24-21-18-15-12-9-6-3)54(61)49-46-43-40-37-34-31-29-26-23-20-17-14-11-8-5-2/h7-8,10-11,16-21,25-29,32,52,55,58-59,62H,4-6,9,12-15,22-24,30-31,33-51H2,1-3H3/b10-7-,11-8-,19-16-,20-17-,21-18-,28-25-,29-26-,32-27-. The first-order valence-electron chi connectivity index (χ1n) is 25.6. The van der Waals surface area contributed by atoms with Crippen LogP contribution in [-0.4, -0.2) is 51.5 Å². The second kappa shape index (κ2) is 45.4. The van der Waals surface area contributed by atoms with Gasteiger partial charge in [-0.3, -0.25) is 14.4 Å². The molecular formula is C57H94O6. The van der Waals surface area contributed by atoms with Gasteiger partial charge < -0.3 is 15.3 Å². The Morgan fingerprint density at radius 1 is 0.413 bits per heavy atom. The number of hydrogen-bond donors (Lipinski definition) is 3. The number of carbonyl (C=O) groups is 3. The molecule has 0 saturated heterocycles. The predicted molar refractivity (Wildman–Crippen MR) is 270 cm³/mol. The van der Waals surface area contributed by atoms with Gasteiger partial charge in [0, 0.05) is 12.8 Å². The zero-order valence-electron chi connectivity index (χ0n) is 40.6. The van der Waals surface area contributed by atoms with Crippen LogP contribution in [0.25, 0.3) is 0 Å². The average Bonchev–Trinajstić information content (AvgIpc) is 3.29. The quantitative estimate of drug-likeness (QED) is 0.0319. The third-order valence-corrected chi connectivity index (χ3v) is 11.6. The molecule has 0 fully saturated rings. The largest absolute Gasteiger partial charge is 0.394 e. The number of ketones is 3. The normalized spacial score (nSPS) is 13.9. The van der Waals surface area contributed by atoms with Crippen molar-refractivity contribution in [3.63, 3.8) is 0 Å². The highest BCUT2D eigenvalue weighted by Gasteiger charge is 2.53. The minimum absolute atomic E-state index is 0.0330. The molecule has 0 aromatic rings. The molecule has 0 aliphatic rings. The number of hydrogen-bond acceptors (Lipinski definition) is 6. The molecule has 3 N–H and O–H groups in total. The third-order valence-electron chi connectivity index (χ3n) is 11.6. The Labute approximate surface area is 387 Å². The zero-order valence-corrected chi connectivity index (χ0v) is 40.6. The molecule has 0 rings (SSSR count). The summed E-state index contributed by atoms with van der Waals surface area (Å²) in [6, 6.07) is 0. The van der Waals surface area contributed by atoms with Crippen molar-refractivity contribution < 1.29 is 29.7 Å². The summed E-state index contributed by atoms with van der Waals surface area (Å²) in [5.41, 5.74) is -2.00. The van der Waals surface area contributed by atoms with E-state index in [0.717, 1.165) is 141 Å². The molecule has 0 aromatic heterocycles. The van der Waals surface area contributed by atoms with Crippen LogP contribution in [0.3, 0.4) is 0 Å². The predicted octanol–water partition coefficient (Wildman–Crippen LogP) is 15.0. The van der Waals surface area contributed by atoms with Crippen LogP contribution in [0.2, 0.25) is 0 Å². The Morgan fingerprint density at radius 2 is 0.730 bits per heavy atom. The molecule has 2 atom stereocenters. The molecule has 0 bridgehead atoms. The van der Waals surface area contributed by atoms with Crippen LogP contribution in [-0.2, 0) is 14.4 Å². The highest BCUT2D eigenvalue weighted by molar-refractivity contribution is 6.25. The lowest BCUT2D eigenvalue weighted by atomic mass is 9.67. The lowest BCUT2D eigenvalue weighted by molar-refractivity contribution is -0.158. The number of aliphatic hydroxyl groups excluding tert-OH is 3. The summed E-state index contributed by atoms with van der Waals surface area (Å²) in [7, 11) is 0. The van der Waals surface area contributed by atoms with Gasteiger partial charge in [0.05, 0.1) is 6.61 Å². The molecule has 0 heterocycles. The second-order valence-electron chi connectivity index (χ2n) is 17.1. The first kappa shape index (κ1) is 59.8. The maximum atomic E-state index is 14.3. The molecule has 0 spiro atoms. The Balaban J connectivity index is 5.42. The lowest BCUT2D eigenvalue weighted by Gasteiger charge is -2.33. The maximum absolute atomic E-state index is 14.3. The number of aliphatic hydroxyl groups is 3. The second-order valence-corrected chi connectivity index (χ2v) is 17.1. The monoisotopic (exact) mass is 875 g/mol. The van der Waals surface area contributed by atoms with E-state index in [1.165, 1.54) is 19.3 Å². The van der Waals surface area contributed by atoms with E-state index < -0.39 is 41.6 Å². The van der Waals surface area contributed by atoms with E-state index >= 15 is 0 Å². The van der Waals surface area contributed by atoms with Crippen molar-refractivity contribution in [2.75, 3.05) is 6.61 Å². The van der Waals surface area contributed by atoms with Gasteiger partial charge in [0.25, 0.3) is 0 Å². The molecular weight excluding hydrogens is 781 g/mol. The topological polar surface area (TPSA) is 112 Å². The minimum Gasteiger partial charge on any atom is -0.394 e. The summed E-state index contributed by atoms with van der Waals surface area (Å²) >= 11 is 0. The van der Waals surface area contributed by atoms with Gasteiger partial charge in [-0.1, -0.05) is 189 Å². The third kappa shape index (κ3) is 33.0. The van der Waals surface area contributed by atoms with Gasteiger partial charge in [-0.05, 0) is 116 Å². The van der Waals surface area contributed by atoms with Gasteiger partial charge in [-0.2, -0.15) is 0 Å². The van der Waals surface area contributed by atoms with Gasteiger partial charge in [-0.15, -0.1) is 0 Å². The van der Waals surface area contributed by atoms with E-state index in [1.807, 2.05) is 0 Å². The molecule has 6 heteroatoms. The van der Waals surface area contributed by atoms with Crippen LogP contribution in [0, 0.1) is 5.41 Å². The van der Waals surface area contributed by atoms with Crippen molar-refractivity contribution in [1.82, 2.24) is 0 Å². The van der Waals surface area contributed by atoms with E-state index in [-0.39, 0.29) is 19.3 Å². The molecule has 0 aliphatic heterocycles. The van der Waals surface area contributed by atoms with Gasteiger partial charge in [0.2, 0.25) is 0 Å². The summed E-state index contributed by atoms with van der Waals surface area (Å²) in [5, 5.41) is 31.0. The minimum atomic E-state index is -2.00. The molecule has 2 unspecified atom stereocenters. The van der Waals surface area contributed by atoms with E-state index in [1.54, 1.807) is 0 Å². The van der Waals surface area contributed by atoms with Gasteiger partial charge in [-0.25, -0.2) is 0 Å². The molecule has 63 heavy (non-hydrogen) atoms. The van der Waals surface area contributed by atoms with Crippen molar-refractivity contribution >= 4 is 17.3 Å². The van der Waals surface area contributed by atoms with Crippen molar-refractivity contribution in [3.8, 4) is 0 Å². The molecule has 0 amide bonds. The smallest absolute Gasteiger partial charge is 0.184 e. The van der Waals surface area contributed by atoms with E-state index in [9.17, 15) is 29.7 Å². The van der Waals surface area contributed by atoms with Crippen molar-refractivity contribution in [2.24, 2.45) is 5.41 Å². The van der Waals surface area contributed by atoms with Crippen molar-refractivity contribution in [2.45, 2.75) is 232 Å². The van der Waals surface area contributed by atoms with Crippen LogP contribution in [0.15, 0.2) is 97.2 Å². The molecule has 0 saturated carbocycles. The fourth-order valence-electron chi connectivity index (χ4n) is 7.62. The van der Waals surface area contributed by atoms with Crippen molar-refractivity contribution in [3.05, 3.63) is 97.2 Å². The van der Waals surface area contributed by atoms with E-state index in [2.05, 4.69) is 118 Å². The summed E-state index contributed by atoms with van der Waals surface area (Å²) in [5.74, 6) is -1.82. The van der Waals surface area contributed by atoms with Crippen LogP contribution in [0.1, 0.15) is 220 Å².